The molecule has 0 atom stereocenters. The number of nitrogens with zero attached hydrogens (tertiary/aromatic N) is 1. The largest absolute Gasteiger partial charge is 0.482 e. The molecule has 0 spiro atoms. The first kappa shape index (κ1) is 15.2. The molecule has 0 fully saturated rings. The summed E-state index contributed by atoms with van der Waals surface area (Å²) in [6.45, 7) is -0.410. The van der Waals surface area contributed by atoms with Gasteiger partial charge in [-0.15, -0.1) is 0 Å². The highest BCUT2D eigenvalue weighted by Gasteiger charge is 2.16. The molecule has 0 bridgehead atoms. The fourth-order valence-electron chi connectivity index (χ4n) is 1.74. The van der Waals surface area contributed by atoms with Gasteiger partial charge in [0, 0.05) is 11.6 Å². The Kier molecular flexibility index (Phi) is 4.72. The van der Waals surface area contributed by atoms with Crippen molar-refractivity contribution in [1.82, 2.24) is 0 Å². The summed E-state index contributed by atoms with van der Waals surface area (Å²) >= 11 is 5.79. The van der Waals surface area contributed by atoms with Gasteiger partial charge in [-0.3, -0.25) is 10.1 Å². The summed E-state index contributed by atoms with van der Waals surface area (Å²) in [5, 5.41) is 19.9. The minimum atomic E-state index is -0.609. The fraction of sp³-hybridized carbons (Fsp3) is 0.143. The topological polar surface area (TPSA) is 72.6 Å². The number of aliphatic hydroxyl groups is 1. The van der Waals surface area contributed by atoms with Crippen LogP contribution in [0.4, 0.5) is 10.1 Å². The maximum absolute atomic E-state index is 13.3. The number of ether oxygens (including phenoxy) is 1. The molecular formula is C14H11ClFNO4. The highest BCUT2D eigenvalue weighted by molar-refractivity contribution is 6.31. The summed E-state index contributed by atoms with van der Waals surface area (Å²) in [4.78, 5) is 10.4. The first-order valence-corrected chi connectivity index (χ1v) is 6.34. The summed E-state index contributed by atoms with van der Waals surface area (Å²) in [5.41, 5.74) is 0.518. The van der Waals surface area contributed by atoms with E-state index in [1.54, 1.807) is 6.07 Å². The summed E-state index contributed by atoms with van der Waals surface area (Å²) < 4.78 is 18.6. The quantitative estimate of drug-likeness (QED) is 0.678. The number of hydrogen-bond donors (Lipinski definition) is 1. The first-order chi connectivity index (χ1) is 10.0. The van der Waals surface area contributed by atoms with Crippen LogP contribution < -0.4 is 4.74 Å². The number of nitro benzene ring substituents is 1. The van der Waals surface area contributed by atoms with E-state index in [1.807, 2.05) is 0 Å². The lowest BCUT2D eigenvalue weighted by Gasteiger charge is -2.09. The van der Waals surface area contributed by atoms with Gasteiger partial charge in [0.15, 0.2) is 5.75 Å². The minimum absolute atomic E-state index is 0.0255. The Balaban J connectivity index is 2.23. The van der Waals surface area contributed by atoms with Gasteiger partial charge < -0.3 is 9.84 Å². The molecule has 5 nitrogen and oxygen atoms in total. The number of rotatable bonds is 5. The van der Waals surface area contributed by atoms with E-state index >= 15 is 0 Å². The molecule has 2 rings (SSSR count). The van der Waals surface area contributed by atoms with Gasteiger partial charge in [-0.25, -0.2) is 4.39 Å². The minimum Gasteiger partial charge on any atom is -0.482 e. The van der Waals surface area contributed by atoms with E-state index in [9.17, 15) is 14.5 Å². The summed E-state index contributed by atoms with van der Waals surface area (Å²) in [7, 11) is 0. The van der Waals surface area contributed by atoms with Crippen molar-refractivity contribution in [2.45, 2.75) is 13.2 Å². The van der Waals surface area contributed by atoms with Gasteiger partial charge in [-0.2, -0.15) is 0 Å². The average molecular weight is 312 g/mol. The predicted octanol–water partition coefficient (Wildman–Crippen LogP) is 3.46. The highest BCUT2D eigenvalue weighted by atomic mass is 35.5. The molecular weight excluding hydrogens is 301 g/mol. The molecule has 2 aromatic rings. The van der Waals surface area contributed by atoms with E-state index < -0.39 is 10.7 Å². The maximum atomic E-state index is 13.3. The van der Waals surface area contributed by atoms with Gasteiger partial charge in [-0.05, 0) is 17.7 Å². The number of hydrogen-bond acceptors (Lipinski definition) is 4. The van der Waals surface area contributed by atoms with Crippen LogP contribution in [0.1, 0.15) is 11.1 Å². The molecule has 2 aromatic carbocycles. The van der Waals surface area contributed by atoms with Crippen molar-refractivity contribution in [1.29, 1.82) is 0 Å². The monoisotopic (exact) mass is 311 g/mol. The number of halogens is 2. The van der Waals surface area contributed by atoms with Gasteiger partial charge in [0.05, 0.1) is 16.6 Å². The molecule has 110 valence electrons. The Labute approximate surface area is 124 Å². The van der Waals surface area contributed by atoms with E-state index in [2.05, 4.69) is 0 Å². The van der Waals surface area contributed by atoms with Crippen LogP contribution in [0.15, 0.2) is 36.4 Å². The number of aliphatic hydroxyl groups excluding tert-OH is 1. The van der Waals surface area contributed by atoms with E-state index in [0.29, 0.717) is 11.1 Å². The summed E-state index contributed by atoms with van der Waals surface area (Å²) in [6, 6.07) is 8.38. The lowest BCUT2D eigenvalue weighted by Crippen LogP contribution is -2.01. The first-order valence-electron chi connectivity index (χ1n) is 5.96. The lowest BCUT2D eigenvalue weighted by atomic mass is 10.2. The van der Waals surface area contributed by atoms with Crippen LogP contribution in [0.25, 0.3) is 0 Å². The van der Waals surface area contributed by atoms with Gasteiger partial charge in [0.2, 0.25) is 0 Å². The molecule has 0 unspecified atom stereocenters. The molecule has 0 aliphatic rings. The molecule has 0 radical (unpaired) electrons. The molecule has 0 aliphatic carbocycles. The third-order valence-electron chi connectivity index (χ3n) is 2.82. The average Bonchev–Trinajstić information content (AvgIpc) is 2.48. The molecule has 0 aromatic heterocycles. The van der Waals surface area contributed by atoms with Gasteiger partial charge in [0.25, 0.3) is 0 Å². The lowest BCUT2D eigenvalue weighted by molar-refractivity contribution is -0.386. The fourth-order valence-corrected chi connectivity index (χ4v) is 1.92. The van der Waals surface area contributed by atoms with E-state index in [0.717, 1.165) is 0 Å². The Morgan fingerprint density at radius 2 is 2.10 bits per heavy atom. The van der Waals surface area contributed by atoms with Crippen molar-refractivity contribution in [3.05, 3.63) is 68.5 Å². The van der Waals surface area contributed by atoms with Crippen LogP contribution in [-0.2, 0) is 13.2 Å². The molecule has 0 heterocycles. The van der Waals surface area contributed by atoms with Crippen LogP contribution in [0, 0.1) is 15.9 Å². The van der Waals surface area contributed by atoms with Gasteiger partial charge in [0.1, 0.15) is 12.4 Å². The zero-order chi connectivity index (χ0) is 15.4. The molecule has 0 aliphatic heterocycles. The van der Waals surface area contributed by atoms with Crippen LogP contribution in [-0.4, -0.2) is 10.0 Å². The molecule has 1 N–H and O–H groups in total. The Morgan fingerprint density at radius 1 is 1.33 bits per heavy atom. The zero-order valence-electron chi connectivity index (χ0n) is 10.8. The second-order valence-corrected chi connectivity index (χ2v) is 4.60. The van der Waals surface area contributed by atoms with E-state index in [-0.39, 0.29) is 29.7 Å². The SMILES string of the molecule is O=[N+]([O-])c1cc(CO)ccc1OCc1cccc(F)c1Cl. The number of nitro groups is 1. The number of benzene rings is 2. The molecule has 7 heteroatoms. The van der Waals surface area contributed by atoms with Crippen LogP contribution >= 0.6 is 11.6 Å². The molecule has 21 heavy (non-hydrogen) atoms. The van der Waals surface area contributed by atoms with Crippen molar-refractivity contribution in [3.8, 4) is 5.75 Å². The molecule has 0 saturated heterocycles. The maximum Gasteiger partial charge on any atom is 0.311 e. The van der Waals surface area contributed by atoms with Crippen LogP contribution in [0.2, 0.25) is 5.02 Å². The van der Waals surface area contributed by atoms with E-state index in [1.165, 1.54) is 30.3 Å². The van der Waals surface area contributed by atoms with Gasteiger partial charge in [-0.1, -0.05) is 29.8 Å². The zero-order valence-corrected chi connectivity index (χ0v) is 11.5. The van der Waals surface area contributed by atoms with Gasteiger partial charge >= 0.3 is 5.69 Å². The smallest absolute Gasteiger partial charge is 0.311 e. The Bertz CT molecular complexity index is 678. The molecule has 0 saturated carbocycles. The second kappa shape index (κ2) is 6.51. The highest BCUT2D eigenvalue weighted by Crippen LogP contribution is 2.30. The Morgan fingerprint density at radius 3 is 2.76 bits per heavy atom. The standard InChI is InChI=1S/C14H11ClFNO4/c15-14-10(2-1-3-11(14)16)8-21-13-5-4-9(7-18)6-12(13)17(19)20/h1-6,18H,7-8H2. The normalized spacial score (nSPS) is 10.4. The van der Waals surface area contributed by atoms with Crippen molar-refractivity contribution < 1.29 is 19.2 Å². The van der Waals surface area contributed by atoms with Crippen molar-refractivity contribution in [2.24, 2.45) is 0 Å². The van der Waals surface area contributed by atoms with Crippen molar-refractivity contribution in [3.63, 3.8) is 0 Å². The van der Waals surface area contributed by atoms with Crippen molar-refractivity contribution >= 4 is 17.3 Å². The predicted molar refractivity (Wildman–Crippen MR) is 74.8 cm³/mol. The van der Waals surface area contributed by atoms with Crippen LogP contribution in [0.3, 0.4) is 0 Å². The van der Waals surface area contributed by atoms with E-state index in [4.69, 9.17) is 21.4 Å². The van der Waals surface area contributed by atoms with Crippen molar-refractivity contribution in [2.75, 3.05) is 0 Å². The summed E-state index contributed by atoms with van der Waals surface area (Å²) in [6.07, 6.45) is 0. The third kappa shape index (κ3) is 3.48. The summed E-state index contributed by atoms with van der Waals surface area (Å²) in [5.74, 6) is -0.555. The second-order valence-electron chi connectivity index (χ2n) is 4.22. The van der Waals surface area contributed by atoms with Crippen LogP contribution in [0.5, 0.6) is 5.75 Å². The third-order valence-corrected chi connectivity index (χ3v) is 3.24. The Hall–Kier alpha value is -2.18. The molecule has 0 amide bonds.